The fourth-order valence-electron chi connectivity index (χ4n) is 1.94. The molecule has 0 radical (unpaired) electrons. The first-order valence-electron chi connectivity index (χ1n) is 5.72. The summed E-state index contributed by atoms with van der Waals surface area (Å²) < 4.78 is 13.0. The Balaban J connectivity index is 2.14. The lowest BCUT2D eigenvalue weighted by Crippen LogP contribution is -2.13. The summed E-state index contributed by atoms with van der Waals surface area (Å²) in [6.07, 6.45) is 0.654. The van der Waals surface area contributed by atoms with E-state index in [4.69, 9.17) is 5.73 Å². The molecule has 0 aliphatic carbocycles. The lowest BCUT2D eigenvalue weighted by atomic mass is 9.98. The summed E-state index contributed by atoms with van der Waals surface area (Å²) in [6.45, 7) is 2.04. The minimum Gasteiger partial charge on any atom is -0.324 e. The van der Waals surface area contributed by atoms with Crippen LogP contribution >= 0.6 is 0 Å². The average molecular weight is 229 g/mol. The van der Waals surface area contributed by atoms with E-state index < -0.39 is 0 Å². The second-order valence-corrected chi connectivity index (χ2v) is 4.35. The largest absolute Gasteiger partial charge is 0.324 e. The maximum absolute atomic E-state index is 13.0. The highest BCUT2D eigenvalue weighted by atomic mass is 19.1. The van der Waals surface area contributed by atoms with Crippen molar-refractivity contribution >= 4 is 0 Å². The molecule has 2 rings (SSSR count). The first-order valence-corrected chi connectivity index (χ1v) is 5.72. The van der Waals surface area contributed by atoms with E-state index in [0.29, 0.717) is 6.42 Å². The zero-order valence-electron chi connectivity index (χ0n) is 9.86. The maximum Gasteiger partial charge on any atom is 0.123 e. The molecular formula is C15H16FN. The number of aryl methyl sites for hydroxylation is 1. The van der Waals surface area contributed by atoms with Crippen LogP contribution in [-0.4, -0.2) is 0 Å². The van der Waals surface area contributed by atoms with Gasteiger partial charge in [-0.05, 0) is 36.6 Å². The summed E-state index contributed by atoms with van der Waals surface area (Å²) in [7, 11) is 0. The molecule has 2 heteroatoms. The van der Waals surface area contributed by atoms with E-state index in [9.17, 15) is 4.39 Å². The molecule has 0 amide bonds. The van der Waals surface area contributed by atoms with E-state index in [0.717, 1.165) is 11.1 Å². The standard InChI is InChI=1S/C15H16FN/c1-11-4-2-6-13(8-11)15(17)10-12-5-3-7-14(16)9-12/h2-9,15H,10,17H2,1H3/t15-/m0/s1. The molecule has 2 N–H and O–H groups in total. The Bertz CT molecular complexity index is 508. The summed E-state index contributed by atoms with van der Waals surface area (Å²) >= 11 is 0. The quantitative estimate of drug-likeness (QED) is 0.858. The molecular weight excluding hydrogens is 213 g/mol. The van der Waals surface area contributed by atoms with Crippen molar-refractivity contribution in [2.75, 3.05) is 0 Å². The van der Waals surface area contributed by atoms with Gasteiger partial charge in [-0.25, -0.2) is 4.39 Å². The summed E-state index contributed by atoms with van der Waals surface area (Å²) in [5.41, 5.74) is 9.34. The lowest BCUT2D eigenvalue weighted by molar-refractivity contribution is 0.622. The van der Waals surface area contributed by atoms with Crippen molar-refractivity contribution in [3.8, 4) is 0 Å². The SMILES string of the molecule is Cc1cccc([C@@H](N)Cc2cccc(F)c2)c1. The molecule has 0 saturated heterocycles. The monoisotopic (exact) mass is 229 g/mol. The van der Waals surface area contributed by atoms with Crippen molar-refractivity contribution in [2.45, 2.75) is 19.4 Å². The van der Waals surface area contributed by atoms with Crippen molar-refractivity contribution in [2.24, 2.45) is 5.73 Å². The van der Waals surface area contributed by atoms with Crippen LogP contribution < -0.4 is 5.73 Å². The van der Waals surface area contributed by atoms with Crippen molar-refractivity contribution in [3.63, 3.8) is 0 Å². The molecule has 0 aliphatic rings. The Kier molecular flexibility index (Phi) is 3.55. The molecule has 0 bridgehead atoms. The zero-order valence-corrected chi connectivity index (χ0v) is 9.86. The van der Waals surface area contributed by atoms with Crippen LogP contribution in [0.2, 0.25) is 0 Å². The van der Waals surface area contributed by atoms with Gasteiger partial charge in [-0.15, -0.1) is 0 Å². The van der Waals surface area contributed by atoms with Gasteiger partial charge < -0.3 is 5.73 Å². The predicted molar refractivity (Wildman–Crippen MR) is 68.2 cm³/mol. The Hall–Kier alpha value is -1.67. The molecule has 1 atom stereocenters. The van der Waals surface area contributed by atoms with E-state index in [1.807, 2.05) is 31.2 Å². The van der Waals surface area contributed by atoms with Gasteiger partial charge in [0.1, 0.15) is 5.82 Å². The van der Waals surface area contributed by atoms with Gasteiger partial charge in [0, 0.05) is 6.04 Å². The number of benzene rings is 2. The number of halogens is 1. The van der Waals surface area contributed by atoms with Crippen LogP contribution in [0.5, 0.6) is 0 Å². The molecule has 17 heavy (non-hydrogen) atoms. The van der Waals surface area contributed by atoms with Crippen LogP contribution in [0.15, 0.2) is 48.5 Å². The van der Waals surface area contributed by atoms with Gasteiger partial charge in [0.2, 0.25) is 0 Å². The summed E-state index contributed by atoms with van der Waals surface area (Å²) in [4.78, 5) is 0. The smallest absolute Gasteiger partial charge is 0.123 e. The van der Waals surface area contributed by atoms with E-state index in [2.05, 4.69) is 6.07 Å². The van der Waals surface area contributed by atoms with E-state index >= 15 is 0 Å². The van der Waals surface area contributed by atoms with Gasteiger partial charge in [0.05, 0.1) is 0 Å². The minimum atomic E-state index is -0.209. The van der Waals surface area contributed by atoms with E-state index in [1.54, 1.807) is 6.07 Å². The Labute approximate surface area is 101 Å². The van der Waals surface area contributed by atoms with Crippen LogP contribution in [-0.2, 0) is 6.42 Å². The average Bonchev–Trinajstić information content (AvgIpc) is 2.29. The molecule has 0 heterocycles. The molecule has 2 aromatic rings. The highest BCUT2D eigenvalue weighted by Gasteiger charge is 2.07. The van der Waals surface area contributed by atoms with E-state index in [-0.39, 0.29) is 11.9 Å². The van der Waals surface area contributed by atoms with Crippen molar-refractivity contribution in [1.82, 2.24) is 0 Å². The normalized spacial score (nSPS) is 12.4. The van der Waals surface area contributed by atoms with Crippen LogP contribution in [0.4, 0.5) is 4.39 Å². The molecule has 0 fully saturated rings. The maximum atomic E-state index is 13.0. The zero-order chi connectivity index (χ0) is 12.3. The predicted octanol–water partition coefficient (Wildman–Crippen LogP) is 3.38. The van der Waals surface area contributed by atoms with Gasteiger partial charge in [0.25, 0.3) is 0 Å². The molecule has 0 unspecified atom stereocenters. The van der Waals surface area contributed by atoms with Gasteiger partial charge in [-0.1, -0.05) is 42.0 Å². The molecule has 2 aromatic carbocycles. The highest BCUT2D eigenvalue weighted by Crippen LogP contribution is 2.17. The third-order valence-corrected chi connectivity index (χ3v) is 2.81. The van der Waals surface area contributed by atoms with Gasteiger partial charge in [-0.2, -0.15) is 0 Å². The molecule has 0 saturated carbocycles. The van der Waals surface area contributed by atoms with Crippen LogP contribution in [0.3, 0.4) is 0 Å². The third kappa shape index (κ3) is 3.14. The number of hydrogen-bond acceptors (Lipinski definition) is 1. The fraction of sp³-hybridized carbons (Fsp3) is 0.200. The van der Waals surface area contributed by atoms with Gasteiger partial charge in [-0.3, -0.25) is 0 Å². The number of nitrogens with two attached hydrogens (primary N) is 1. The molecule has 0 spiro atoms. The lowest BCUT2D eigenvalue weighted by Gasteiger charge is -2.12. The number of hydrogen-bond donors (Lipinski definition) is 1. The van der Waals surface area contributed by atoms with Crippen molar-refractivity contribution in [1.29, 1.82) is 0 Å². The summed E-state index contributed by atoms with van der Waals surface area (Å²) in [6, 6.07) is 14.6. The molecule has 88 valence electrons. The third-order valence-electron chi connectivity index (χ3n) is 2.81. The summed E-state index contributed by atoms with van der Waals surface area (Å²) in [5, 5.41) is 0. The Morgan fingerprint density at radius 2 is 1.88 bits per heavy atom. The first-order chi connectivity index (χ1) is 8.15. The van der Waals surface area contributed by atoms with E-state index in [1.165, 1.54) is 17.7 Å². The van der Waals surface area contributed by atoms with Crippen LogP contribution in [0.1, 0.15) is 22.7 Å². The second-order valence-electron chi connectivity index (χ2n) is 4.35. The molecule has 1 nitrogen and oxygen atoms in total. The topological polar surface area (TPSA) is 26.0 Å². The Morgan fingerprint density at radius 1 is 1.12 bits per heavy atom. The van der Waals surface area contributed by atoms with Crippen molar-refractivity contribution < 1.29 is 4.39 Å². The second kappa shape index (κ2) is 5.11. The first kappa shape index (κ1) is 11.8. The number of rotatable bonds is 3. The van der Waals surface area contributed by atoms with Crippen LogP contribution in [0.25, 0.3) is 0 Å². The Morgan fingerprint density at radius 3 is 2.59 bits per heavy atom. The molecule has 0 aliphatic heterocycles. The van der Waals surface area contributed by atoms with Gasteiger partial charge in [0.15, 0.2) is 0 Å². The summed E-state index contributed by atoms with van der Waals surface area (Å²) in [5.74, 6) is -0.209. The van der Waals surface area contributed by atoms with Gasteiger partial charge >= 0.3 is 0 Å². The highest BCUT2D eigenvalue weighted by molar-refractivity contribution is 5.27. The minimum absolute atomic E-state index is 0.0864. The molecule has 0 aromatic heterocycles. The fourth-order valence-corrected chi connectivity index (χ4v) is 1.94. The van der Waals surface area contributed by atoms with Crippen molar-refractivity contribution in [3.05, 3.63) is 71.0 Å². The van der Waals surface area contributed by atoms with Crippen LogP contribution in [0, 0.1) is 12.7 Å².